The number of rotatable bonds is 20. The molecule has 12 nitrogen and oxygen atoms in total. The number of ketones is 2. The van der Waals surface area contributed by atoms with Crippen molar-refractivity contribution in [1.29, 1.82) is 0 Å². The third-order valence-corrected chi connectivity index (χ3v) is 12.8. The van der Waals surface area contributed by atoms with Gasteiger partial charge in [0.2, 0.25) is 0 Å². The molecule has 1 aliphatic heterocycles. The van der Waals surface area contributed by atoms with Gasteiger partial charge in [0.05, 0.1) is 45.4 Å². The molecule has 8 rings (SSSR count). The maximum absolute atomic E-state index is 14.0. The Kier molecular flexibility index (Phi) is 16.3. The summed E-state index contributed by atoms with van der Waals surface area (Å²) in [4.78, 5) is 35.7. The number of pyridine rings is 1. The van der Waals surface area contributed by atoms with E-state index in [9.17, 15) is 22.8 Å². The van der Waals surface area contributed by atoms with E-state index in [1.807, 2.05) is 60.0 Å². The van der Waals surface area contributed by atoms with Crippen LogP contribution >= 0.6 is 36.4 Å². The summed E-state index contributed by atoms with van der Waals surface area (Å²) >= 11 is 7.91. The predicted octanol–water partition coefficient (Wildman–Crippen LogP) is 9.40. The van der Waals surface area contributed by atoms with Gasteiger partial charge in [-0.2, -0.15) is 26.7 Å². The second-order valence-electron chi connectivity index (χ2n) is 16.0. The number of benzene rings is 3. The van der Waals surface area contributed by atoms with Gasteiger partial charge in [-0.3, -0.25) is 19.1 Å². The van der Waals surface area contributed by atoms with E-state index in [0.717, 1.165) is 49.9 Å². The van der Waals surface area contributed by atoms with Crippen LogP contribution in [0.1, 0.15) is 68.1 Å². The number of ether oxygens (including phenoxy) is 4. The number of hydrogen-bond acceptors (Lipinski definition) is 12. The number of nitrogens with one attached hydrogen (secondary N) is 1. The SMILES string of the molecule is Cc1sc2c(c1C)C(c1ccc(Cl)cc1)=N[C@@H](CC(=O)Cc1ccc(OCCOCCOCCOCCNc3ccc(-c4ccc5c(c4)CC(=O)C5)c(C(F)(F)F)n3)cc1)c1nnc(C)n1-2.S. The first-order valence-electron chi connectivity index (χ1n) is 21.6. The second-order valence-corrected chi connectivity index (χ2v) is 17.7. The fourth-order valence-corrected chi connectivity index (χ4v) is 9.33. The number of halogens is 4. The molecular weight excluding hydrogens is 925 g/mol. The monoisotopic (exact) mass is 974 g/mol. The number of fused-ring (bicyclic) bond motifs is 4. The minimum absolute atomic E-state index is 0. The Bertz CT molecular complexity index is 2740. The number of aryl methyl sites for hydroxylation is 2. The molecule has 3 aromatic heterocycles. The standard InChI is InChI=1S/C49H48ClF3N6O6S.H2S/c1-29-30(2)66-48-44(29)45(33-8-10-37(50)11-9-33)55-42(47-58-57-31(3)59(47)48)28-38(60)24-32-4-12-40(13-5-32)65-23-22-64-21-20-63-19-18-62-17-16-54-43-15-14-41(46(56-43)49(51,52)53)35-7-6-34-26-39(61)27-36(34)25-35;/h4-15,25,42H,16-24,26-28H2,1-3H3,(H,54,56);1H2/t42-;/m0./s1. The van der Waals surface area contributed by atoms with Gasteiger partial charge in [0, 0.05) is 58.8 Å². The Balaban J connectivity index is 0.00000666. The van der Waals surface area contributed by atoms with E-state index < -0.39 is 17.9 Å². The summed E-state index contributed by atoms with van der Waals surface area (Å²) in [6, 6.07) is 22.4. The average molecular weight is 976 g/mol. The first-order valence-corrected chi connectivity index (χ1v) is 22.8. The van der Waals surface area contributed by atoms with Crippen molar-refractivity contribution in [2.75, 3.05) is 58.1 Å². The van der Waals surface area contributed by atoms with Crippen LogP contribution in [0.3, 0.4) is 0 Å². The molecular formula is C49H50ClF3N6O6S2. The molecule has 0 amide bonds. The quantitative estimate of drug-likeness (QED) is 0.0737. The highest BCUT2D eigenvalue weighted by Crippen LogP contribution is 2.41. The van der Waals surface area contributed by atoms with Gasteiger partial charge >= 0.3 is 6.18 Å². The molecule has 0 radical (unpaired) electrons. The van der Waals surface area contributed by atoms with Crippen LogP contribution in [-0.2, 0) is 49.2 Å². The summed E-state index contributed by atoms with van der Waals surface area (Å²) in [6.45, 7) is 8.59. The highest BCUT2D eigenvalue weighted by molar-refractivity contribution is 7.59. The van der Waals surface area contributed by atoms with Gasteiger partial charge in [-0.1, -0.05) is 54.1 Å². The normalized spacial score (nSPS) is 14.2. The van der Waals surface area contributed by atoms with Crippen LogP contribution in [-0.4, -0.2) is 89.8 Å². The van der Waals surface area contributed by atoms with Crippen molar-refractivity contribution in [2.45, 2.75) is 58.7 Å². The number of aromatic nitrogens is 4. The molecule has 352 valence electrons. The van der Waals surface area contributed by atoms with Gasteiger partial charge in [0.25, 0.3) is 0 Å². The highest BCUT2D eigenvalue weighted by Gasteiger charge is 2.37. The summed E-state index contributed by atoms with van der Waals surface area (Å²) in [5.41, 5.74) is 5.68. The molecule has 1 aliphatic carbocycles. The topological polar surface area (TPSA) is 139 Å². The van der Waals surface area contributed by atoms with E-state index in [1.54, 1.807) is 29.5 Å². The first-order chi connectivity index (χ1) is 31.8. The third kappa shape index (κ3) is 12.0. The Labute approximate surface area is 402 Å². The largest absolute Gasteiger partial charge is 0.491 e. The number of thiophene rings is 1. The number of Topliss-reactive ketones (excluding diaryl/α,β-unsaturated/α-hetero) is 2. The van der Waals surface area contributed by atoms with Crippen LogP contribution < -0.4 is 10.1 Å². The Morgan fingerprint density at radius 2 is 1.51 bits per heavy atom. The average Bonchev–Trinajstić information content (AvgIpc) is 3.93. The van der Waals surface area contributed by atoms with Gasteiger partial charge in [-0.05, 0) is 85.0 Å². The fourth-order valence-electron chi connectivity index (χ4n) is 7.99. The lowest BCUT2D eigenvalue weighted by Crippen LogP contribution is -2.16. The van der Waals surface area contributed by atoms with Gasteiger partial charge in [0.1, 0.15) is 46.6 Å². The van der Waals surface area contributed by atoms with Crippen molar-refractivity contribution in [1.82, 2.24) is 19.7 Å². The maximum Gasteiger partial charge on any atom is 0.434 e. The van der Waals surface area contributed by atoms with Crippen LogP contribution in [0.4, 0.5) is 19.0 Å². The molecule has 0 saturated carbocycles. The van der Waals surface area contributed by atoms with E-state index in [1.165, 1.54) is 17.0 Å². The van der Waals surface area contributed by atoms with Crippen molar-refractivity contribution in [3.05, 3.63) is 139 Å². The predicted molar refractivity (Wildman–Crippen MR) is 257 cm³/mol. The summed E-state index contributed by atoms with van der Waals surface area (Å²) in [5.74, 6) is 2.19. The number of carbonyl (C=O) groups excluding carboxylic acids is 2. The van der Waals surface area contributed by atoms with Gasteiger partial charge in [-0.15, -0.1) is 21.5 Å². The Morgan fingerprint density at radius 1 is 0.836 bits per heavy atom. The van der Waals surface area contributed by atoms with Gasteiger partial charge in [-0.25, -0.2) is 4.98 Å². The summed E-state index contributed by atoms with van der Waals surface area (Å²) in [5, 5.41) is 13.4. The number of aliphatic imine (C=N–C) groups is 1. The number of nitrogens with zero attached hydrogens (tertiary/aromatic N) is 5. The molecule has 6 aromatic rings. The minimum atomic E-state index is -4.66. The van der Waals surface area contributed by atoms with Crippen molar-refractivity contribution in [3.63, 3.8) is 0 Å². The third-order valence-electron chi connectivity index (χ3n) is 11.4. The zero-order valence-electron chi connectivity index (χ0n) is 37.2. The highest BCUT2D eigenvalue weighted by atomic mass is 35.5. The lowest BCUT2D eigenvalue weighted by atomic mass is 9.99. The molecule has 0 fully saturated rings. The zero-order valence-corrected chi connectivity index (χ0v) is 39.7. The molecule has 0 saturated heterocycles. The molecule has 2 aliphatic rings. The van der Waals surface area contributed by atoms with Crippen LogP contribution in [0.15, 0.2) is 83.9 Å². The van der Waals surface area contributed by atoms with E-state index in [2.05, 4.69) is 34.3 Å². The van der Waals surface area contributed by atoms with Crippen molar-refractivity contribution < 1.29 is 41.7 Å². The first kappa shape index (κ1) is 49.5. The van der Waals surface area contributed by atoms with Crippen molar-refractivity contribution >= 4 is 59.5 Å². The van der Waals surface area contributed by atoms with Crippen molar-refractivity contribution in [3.8, 4) is 21.9 Å². The van der Waals surface area contributed by atoms with Crippen molar-refractivity contribution in [2.24, 2.45) is 4.99 Å². The maximum atomic E-state index is 14.0. The second kappa shape index (κ2) is 22.1. The van der Waals surface area contributed by atoms with E-state index >= 15 is 0 Å². The number of hydrogen-bond donors (Lipinski definition) is 1. The summed E-state index contributed by atoms with van der Waals surface area (Å²) in [6.07, 6.45) is -3.74. The summed E-state index contributed by atoms with van der Waals surface area (Å²) in [7, 11) is 0. The minimum Gasteiger partial charge on any atom is -0.491 e. The molecule has 4 heterocycles. The van der Waals surface area contributed by atoms with E-state index in [-0.39, 0.29) is 68.9 Å². The molecule has 18 heteroatoms. The molecule has 0 bridgehead atoms. The lowest BCUT2D eigenvalue weighted by molar-refractivity contribution is -0.140. The molecule has 1 N–H and O–H groups in total. The molecule has 0 spiro atoms. The van der Waals surface area contributed by atoms with E-state index in [4.69, 9.17) is 35.5 Å². The van der Waals surface area contributed by atoms with Crippen LogP contribution in [0.2, 0.25) is 5.02 Å². The molecule has 1 atom stereocenters. The van der Waals surface area contributed by atoms with E-state index in [0.29, 0.717) is 68.2 Å². The number of alkyl halides is 3. The van der Waals surface area contributed by atoms with Gasteiger partial charge in [0.15, 0.2) is 11.5 Å². The van der Waals surface area contributed by atoms with Crippen LogP contribution in [0.5, 0.6) is 5.75 Å². The molecule has 3 aromatic carbocycles. The van der Waals surface area contributed by atoms with Crippen LogP contribution in [0.25, 0.3) is 16.1 Å². The summed E-state index contributed by atoms with van der Waals surface area (Å²) < 4.78 is 66.6. The van der Waals surface area contributed by atoms with Crippen LogP contribution in [0, 0.1) is 20.8 Å². The number of anilines is 1. The number of carbonyl (C=O) groups is 2. The van der Waals surface area contributed by atoms with Gasteiger partial charge < -0.3 is 24.3 Å². The Morgan fingerprint density at radius 3 is 2.22 bits per heavy atom. The molecule has 67 heavy (non-hydrogen) atoms. The fraction of sp³-hybridized carbons (Fsp3) is 0.347. The Hall–Kier alpha value is -5.43. The molecule has 0 unspecified atom stereocenters. The smallest absolute Gasteiger partial charge is 0.434 e. The lowest BCUT2D eigenvalue weighted by Gasteiger charge is -2.15. The zero-order chi connectivity index (χ0) is 46.4.